The van der Waals surface area contributed by atoms with E-state index in [1.807, 2.05) is 48.5 Å². The van der Waals surface area contributed by atoms with E-state index in [9.17, 15) is 0 Å². The van der Waals surface area contributed by atoms with E-state index < -0.39 is 0 Å². The maximum Gasteiger partial charge on any atom is 0.246 e. The molecule has 142 valence electrons. The Kier molecular flexibility index (Phi) is 4.18. The second kappa shape index (κ2) is 6.99. The number of aryl methyl sites for hydroxylation is 1. The predicted molar refractivity (Wildman–Crippen MR) is 106 cm³/mol. The minimum atomic E-state index is 0.157. The molecule has 0 bridgehead atoms. The van der Waals surface area contributed by atoms with Crippen LogP contribution in [0.1, 0.15) is 5.89 Å². The highest BCUT2D eigenvalue weighted by atomic mass is 35.5. The summed E-state index contributed by atoms with van der Waals surface area (Å²) in [5.41, 5.74) is 3.19. The fraction of sp³-hybridized carbons (Fsp3) is 0.0500. The number of benzene rings is 2. The van der Waals surface area contributed by atoms with Crippen molar-refractivity contribution in [2.45, 2.75) is 6.92 Å². The predicted octanol–water partition coefficient (Wildman–Crippen LogP) is 4.60. The smallest absolute Gasteiger partial charge is 0.246 e. The Labute approximate surface area is 169 Å². The zero-order valence-corrected chi connectivity index (χ0v) is 15.9. The van der Waals surface area contributed by atoms with Crippen LogP contribution < -0.4 is 4.74 Å². The van der Waals surface area contributed by atoms with E-state index in [-0.39, 0.29) is 5.28 Å². The molecule has 0 spiro atoms. The zero-order chi connectivity index (χ0) is 19.8. The molecular weight excluding hydrogens is 392 g/mol. The van der Waals surface area contributed by atoms with Crippen molar-refractivity contribution < 1.29 is 9.26 Å². The molecule has 0 radical (unpaired) electrons. The monoisotopic (exact) mass is 404 g/mol. The fourth-order valence-electron chi connectivity index (χ4n) is 2.93. The molecule has 8 nitrogen and oxygen atoms in total. The molecule has 0 aliphatic rings. The number of ether oxygens (including phenoxy) is 1. The summed E-state index contributed by atoms with van der Waals surface area (Å²) in [6, 6.07) is 19.1. The number of halogens is 1. The second-order valence-electron chi connectivity index (χ2n) is 6.23. The largest absolute Gasteiger partial charge is 0.437 e. The van der Waals surface area contributed by atoms with Crippen LogP contribution in [0.15, 0.2) is 65.2 Å². The summed E-state index contributed by atoms with van der Waals surface area (Å²) in [6.07, 6.45) is 0. The van der Waals surface area contributed by atoms with Crippen molar-refractivity contribution in [1.29, 1.82) is 0 Å². The molecule has 0 unspecified atom stereocenters. The van der Waals surface area contributed by atoms with Crippen LogP contribution >= 0.6 is 11.6 Å². The van der Waals surface area contributed by atoms with Gasteiger partial charge in [-0.2, -0.15) is 9.50 Å². The first-order chi connectivity index (χ1) is 14.2. The molecule has 0 saturated carbocycles. The van der Waals surface area contributed by atoms with Crippen molar-refractivity contribution in [3.8, 4) is 34.1 Å². The van der Waals surface area contributed by atoms with E-state index in [2.05, 4.69) is 25.4 Å². The molecule has 0 N–H and O–H groups in total. The first kappa shape index (κ1) is 17.3. The van der Waals surface area contributed by atoms with Crippen LogP contribution in [0.3, 0.4) is 0 Å². The topological polar surface area (TPSA) is 91.2 Å². The van der Waals surface area contributed by atoms with Gasteiger partial charge in [0.25, 0.3) is 0 Å². The van der Waals surface area contributed by atoms with Crippen LogP contribution in [0.2, 0.25) is 5.28 Å². The van der Waals surface area contributed by atoms with Crippen LogP contribution in [-0.4, -0.2) is 30.0 Å². The lowest BCUT2D eigenvalue weighted by Gasteiger charge is -2.12. The van der Waals surface area contributed by atoms with Crippen molar-refractivity contribution in [2.75, 3.05) is 0 Å². The average molecular weight is 405 g/mol. The molecule has 29 heavy (non-hydrogen) atoms. The highest BCUT2D eigenvalue weighted by Gasteiger charge is 2.14. The van der Waals surface area contributed by atoms with Gasteiger partial charge in [0.2, 0.25) is 22.9 Å². The van der Waals surface area contributed by atoms with Gasteiger partial charge in [-0.05, 0) is 35.4 Å². The summed E-state index contributed by atoms with van der Waals surface area (Å²) in [7, 11) is 0. The van der Waals surface area contributed by atoms with Gasteiger partial charge in [-0.1, -0.05) is 41.6 Å². The Morgan fingerprint density at radius 2 is 1.83 bits per heavy atom. The SMILES string of the molecule is Cc1nc(-c2ccc(-c3ccccc3)c(Oc3ccc4nnc(Cl)n4n3)c2)no1. The minimum Gasteiger partial charge on any atom is -0.437 e. The molecule has 0 amide bonds. The fourth-order valence-corrected chi connectivity index (χ4v) is 3.09. The van der Waals surface area contributed by atoms with Crippen LogP contribution in [0.5, 0.6) is 11.6 Å². The van der Waals surface area contributed by atoms with Crippen LogP contribution in [-0.2, 0) is 0 Å². The Morgan fingerprint density at radius 1 is 0.966 bits per heavy atom. The van der Waals surface area contributed by atoms with E-state index in [1.54, 1.807) is 19.1 Å². The van der Waals surface area contributed by atoms with E-state index in [4.69, 9.17) is 20.9 Å². The second-order valence-corrected chi connectivity index (χ2v) is 6.56. The van der Waals surface area contributed by atoms with E-state index in [0.717, 1.165) is 16.7 Å². The molecule has 0 saturated heterocycles. The summed E-state index contributed by atoms with van der Waals surface area (Å²) in [4.78, 5) is 4.29. The van der Waals surface area contributed by atoms with Crippen LogP contribution in [0.4, 0.5) is 0 Å². The standard InChI is InChI=1S/C20H13ClN6O2/c1-12-22-19(26-29-12)14-7-8-15(13-5-3-2-4-6-13)16(11-14)28-18-10-9-17-23-24-20(21)27(17)25-18/h2-11H,1H3. The minimum absolute atomic E-state index is 0.157. The number of hydrogen-bond donors (Lipinski definition) is 0. The molecule has 9 heteroatoms. The first-order valence-electron chi connectivity index (χ1n) is 8.73. The van der Waals surface area contributed by atoms with Gasteiger partial charge in [0.05, 0.1) is 0 Å². The molecule has 3 aromatic heterocycles. The summed E-state index contributed by atoms with van der Waals surface area (Å²) in [6.45, 7) is 1.74. The maximum atomic E-state index is 6.13. The zero-order valence-electron chi connectivity index (χ0n) is 15.2. The molecule has 2 aromatic carbocycles. The Hall–Kier alpha value is -3.78. The Balaban J connectivity index is 1.61. The van der Waals surface area contributed by atoms with Gasteiger partial charge >= 0.3 is 0 Å². The van der Waals surface area contributed by atoms with E-state index >= 15 is 0 Å². The highest BCUT2D eigenvalue weighted by Crippen LogP contribution is 2.36. The molecular formula is C20H13ClN6O2. The third kappa shape index (κ3) is 3.30. The number of aromatic nitrogens is 6. The first-order valence-corrected chi connectivity index (χ1v) is 9.11. The Morgan fingerprint density at radius 3 is 2.62 bits per heavy atom. The van der Waals surface area contributed by atoms with Crippen LogP contribution in [0, 0.1) is 6.92 Å². The third-order valence-electron chi connectivity index (χ3n) is 4.27. The van der Waals surface area contributed by atoms with Gasteiger partial charge in [-0.25, -0.2) is 0 Å². The number of rotatable bonds is 4. The van der Waals surface area contributed by atoms with E-state index in [0.29, 0.717) is 29.0 Å². The molecule has 0 atom stereocenters. The summed E-state index contributed by atoms with van der Waals surface area (Å²) >= 11 is 6.03. The summed E-state index contributed by atoms with van der Waals surface area (Å²) in [5, 5.41) is 16.2. The van der Waals surface area contributed by atoms with Gasteiger partial charge in [0.1, 0.15) is 5.75 Å². The molecule has 0 aliphatic carbocycles. The molecule has 0 fully saturated rings. The number of fused-ring (bicyclic) bond motifs is 1. The molecule has 5 aromatic rings. The highest BCUT2D eigenvalue weighted by molar-refractivity contribution is 6.28. The van der Waals surface area contributed by atoms with Crippen molar-refractivity contribution in [3.63, 3.8) is 0 Å². The van der Waals surface area contributed by atoms with E-state index in [1.165, 1.54) is 4.52 Å². The number of nitrogens with zero attached hydrogens (tertiary/aromatic N) is 6. The van der Waals surface area contributed by atoms with Crippen molar-refractivity contribution in [2.24, 2.45) is 0 Å². The quantitative estimate of drug-likeness (QED) is 0.432. The average Bonchev–Trinajstić information content (AvgIpc) is 3.34. The van der Waals surface area contributed by atoms with Gasteiger partial charge < -0.3 is 9.26 Å². The lowest BCUT2D eigenvalue weighted by molar-refractivity contribution is 0.394. The van der Waals surface area contributed by atoms with Crippen LogP contribution in [0.25, 0.3) is 28.2 Å². The van der Waals surface area contributed by atoms with Gasteiger partial charge in [0.15, 0.2) is 5.65 Å². The van der Waals surface area contributed by atoms with Gasteiger partial charge in [0, 0.05) is 24.1 Å². The van der Waals surface area contributed by atoms with Crippen molar-refractivity contribution >= 4 is 17.2 Å². The van der Waals surface area contributed by atoms with Crippen molar-refractivity contribution in [3.05, 3.63) is 71.8 Å². The third-order valence-corrected chi connectivity index (χ3v) is 4.50. The molecule has 3 heterocycles. The molecule has 0 aliphatic heterocycles. The molecule has 5 rings (SSSR count). The lowest BCUT2D eigenvalue weighted by atomic mass is 10.0. The maximum absolute atomic E-state index is 6.13. The Bertz CT molecular complexity index is 1320. The van der Waals surface area contributed by atoms with Gasteiger partial charge in [-0.3, -0.25) is 0 Å². The summed E-state index contributed by atoms with van der Waals surface area (Å²) in [5.74, 6) is 1.91. The van der Waals surface area contributed by atoms with Crippen molar-refractivity contribution in [1.82, 2.24) is 30.0 Å². The number of hydrogen-bond acceptors (Lipinski definition) is 7. The lowest BCUT2D eigenvalue weighted by Crippen LogP contribution is -1.97. The normalized spacial score (nSPS) is 11.1. The summed E-state index contributed by atoms with van der Waals surface area (Å²) < 4.78 is 12.6. The van der Waals surface area contributed by atoms with Gasteiger partial charge in [-0.15, -0.1) is 15.3 Å².